The fourth-order valence-electron chi connectivity index (χ4n) is 4.38. The van der Waals surface area contributed by atoms with Crippen molar-refractivity contribution in [1.82, 2.24) is 4.57 Å². The van der Waals surface area contributed by atoms with Gasteiger partial charge in [-0.05, 0) is 24.6 Å². The second kappa shape index (κ2) is 9.15. The Hall–Kier alpha value is -2.79. The summed E-state index contributed by atoms with van der Waals surface area (Å²) in [5, 5.41) is 10.3. The van der Waals surface area contributed by atoms with E-state index >= 15 is 0 Å². The predicted octanol–water partition coefficient (Wildman–Crippen LogP) is 1.33. The van der Waals surface area contributed by atoms with Crippen LogP contribution in [0.2, 0.25) is 5.02 Å². The first kappa shape index (κ1) is 21.4. The predicted molar refractivity (Wildman–Crippen MR) is 117 cm³/mol. The van der Waals surface area contributed by atoms with E-state index in [4.69, 9.17) is 26.8 Å². The number of halogens is 1. The van der Waals surface area contributed by atoms with E-state index < -0.39 is 5.92 Å². The third-order valence-corrected chi connectivity index (χ3v) is 6.22. The van der Waals surface area contributed by atoms with Crippen molar-refractivity contribution < 1.29 is 14.4 Å². The molecule has 0 saturated carbocycles. The first-order chi connectivity index (χ1) is 15.0. The van der Waals surface area contributed by atoms with Crippen LogP contribution in [0.15, 0.2) is 46.6 Å². The molecule has 4 rings (SSSR count). The Balaban J connectivity index is 1.70. The average molecular weight is 442 g/mol. The number of aromatic nitrogens is 1. The molecule has 7 nitrogen and oxygen atoms in total. The minimum absolute atomic E-state index is 0.0208. The van der Waals surface area contributed by atoms with Gasteiger partial charge in [0.15, 0.2) is 0 Å². The molecule has 1 aromatic carbocycles. The molecule has 3 heterocycles. The van der Waals surface area contributed by atoms with Crippen LogP contribution in [-0.2, 0) is 11.3 Å². The number of hydrogen-bond acceptors (Lipinski definition) is 5. The van der Waals surface area contributed by atoms with Gasteiger partial charge in [0.25, 0.3) is 5.56 Å². The van der Waals surface area contributed by atoms with E-state index in [1.54, 1.807) is 22.8 Å². The van der Waals surface area contributed by atoms with Crippen LogP contribution in [-0.4, -0.2) is 37.4 Å². The second-order valence-electron chi connectivity index (χ2n) is 7.97. The maximum absolute atomic E-state index is 13.6. The molecule has 0 aliphatic carbocycles. The molecule has 1 fully saturated rings. The van der Waals surface area contributed by atoms with E-state index in [1.807, 2.05) is 19.1 Å². The number of allylic oxidation sites excluding steroid dienone is 1. The maximum Gasteiger partial charge on any atom is 0.258 e. The zero-order chi connectivity index (χ0) is 22.0. The molecule has 3 N–H and O–H groups in total. The van der Waals surface area contributed by atoms with Gasteiger partial charge in [0, 0.05) is 29.7 Å². The molecule has 1 saturated heterocycles. The smallest absolute Gasteiger partial charge is 0.258 e. The molecule has 8 heteroatoms. The minimum Gasteiger partial charge on any atom is -0.440 e. The van der Waals surface area contributed by atoms with Crippen molar-refractivity contribution in [3.8, 4) is 11.8 Å². The summed E-state index contributed by atoms with van der Waals surface area (Å²) >= 11 is 6.20. The first-order valence-corrected chi connectivity index (χ1v) is 10.9. The van der Waals surface area contributed by atoms with E-state index in [9.17, 15) is 10.1 Å². The van der Waals surface area contributed by atoms with Crippen LogP contribution in [0.3, 0.4) is 0 Å². The van der Waals surface area contributed by atoms with Crippen molar-refractivity contribution in [2.45, 2.75) is 25.8 Å². The summed E-state index contributed by atoms with van der Waals surface area (Å²) in [4.78, 5) is 15.1. The molecule has 2 aromatic rings. The van der Waals surface area contributed by atoms with Crippen molar-refractivity contribution in [3.63, 3.8) is 0 Å². The lowest BCUT2D eigenvalue weighted by molar-refractivity contribution is -0.908. The number of nitriles is 1. The molecule has 31 heavy (non-hydrogen) atoms. The molecular formula is C23H26ClN4O3+. The lowest BCUT2D eigenvalue weighted by Gasteiger charge is -2.28. The van der Waals surface area contributed by atoms with Crippen LogP contribution in [0.1, 0.15) is 29.2 Å². The Bertz CT molecular complexity index is 1110. The zero-order valence-electron chi connectivity index (χ0n) is 17.5. The van der Waals surface area contributed by atoms with Crippen LogP contribution in [0.25, 0.3) is 0 Å². The lowest BCUT2D eigenvalue weighted by Crippen LogP contribution is -3.14. The summed E-state index contributed by atoms with van der Waals surface area (Å²) < 4.78 is 12.9. The quantitative estimate of drug-likeness (QED) is 0.730. The fourth-order valence-corrected chi connectivity index (χ4v) is 4.58. The summed E-state index contributed by atoms with van der Waals surface area (Å²) in [6.07, 6.45) is 0.876. The number of pyridine rings is 1. The number of benzene rings is 1. The summed E-state index contributed by atoms with van der Waals surface area (Å²) in [6, 6.07) is 11.1. The van der Waals surface area contributed by atoms with Crippen molar-refractivity contribution in [2.24, 2.45) is 5.73 Å². The number of nitrogens with zero attached hydrogens (tertiary/aromatic N) is 2. The van der Waals surface area contributed by atoms with Gasteiger partial charge in [-0.25, -0.2) is 0 Å². The Kier molecular flexibility index (Phi) is 6.33. The highest BCUT2D eigenvalue weighted by Gasteiger charge is 2.34. The molecule has 162 valence electrons. The summed E-state index contributed by atoms with van der Waals surface area (Å²) in [5.74, 6) is -0.192. The SMILES string of the molecule is Cc1cc2c(c(=O)n1CCC[NH+]1CCOCC1)[C@@H](c1cccc(Cl)c1)C(C#N)=C(N)O2. The van der Waals surface area contributed by atoms with Gasteiger partial charge in [0.1, 0.15) is 30.5 Å². The molecule has 0 unspecified atom stereocenters. The van der Waals surface area contributed by atoms with Gasteiger partial charge in [0.05, 0.1) is 31.2 Å². The Morgan fingerprint density at radius 2 is 2.10 bits per heavy atom. The zero-order valence-corrected chi connectivity index (χ0v) is 18.2. The largest absolute Gasteiger partial charge is 0.440 e. The van der Waals surface area contributed by atoms with Crippen molar-refractivity contribution >= 4 is 11.6 Å². The Morgan fingerprint density at radius 3 is 2.81 bits per heavy atom. The first-order valence-electron chi connectivity index (χ1n) is 10.5. The highest BCUT2D eigenvalue weighted by Crippen LogP contribution is 2.40. The van der Waals surface area contributed by atoms with Crippen LogP contribution in [0.4, 0.5) is 0 Å². The van der Waals surface area contributed by atoms with E-state index in [0.29, 0.717) is 22.9 Å². The van der Waals surface area contributed by atoms with Gasteiger partial charge < -0.3 is 24.7 Å². The summed E-state index contributed by atoms with van der Waals surface area (Å²) in [5.41, 5.74) is 8.09. The number of ether oxygens (including phenoxy) is 2. The van der Waals surface area contributed by atoms with Gasteiger partial charge in [-0.15, -0.1) is 0 Å². The topological polar surface area (TPSA) is 94.7 Å². The third kappa shape index (κ3) is 4.33. The number of quaternary nitrogens is 1. The number of morpholine rings is 1. The number of aryl methyl sites for hydroxylation is 1. The van der Waals surface area contributed by atoms with Gasteiger partial charge in [-0.2, -0.15) is 5.26 Å². The van der Waals surface area contributed by atoms with E-state index in [1.165, 1.54) is 4.90 Å². The van der Waals surface area contributed by atoms with Gasteiger partial charge in [-0.3, -0.25) is 4.79 Å². The third-order valence-electron chi connectivity index (χ3n) is 5.98. The van der Waals surface area contributed by atoms with Crippen LogP contribution in [0, 0.1) is 18.3 Å². The summed E-state index contributed by atoms with van der Waals surface area (Å²) in [6.45, 7) is 7.05. The molecular weight excluding hydrogens is 416 g/mol. The number of nitrogens with one attached hydrogen (secondary N) is 1. The molecule has 2 aliphatic heterocycles. The maximum atomic E-state index is 13.6. The molecule has 1 aromatic heterocycles. The Morgan fingerprint density at radius 1 is 1.32 bits per heavy atom. The molecule has 2 aliphatic rings. The van der Waals surface area contributed by atoms with E-state index in [0.717, 1.165) is 50.5 Å². The van der Waals surface area contributed by atoms with Crippen LogP contribution < -0.4 is 20.9 Å². The summed E-state index contributed by atoms with van der Waals surface area (Å²) in [7, 11) is 0. The molecule has 0 radical (unpaired) electrons. The van der Waals surface area contributed by atoms with Crippen LogP contribution >= 0.6 is 11.6 Å². The van der Waals surface area contributed by atoms with Gasteiger partial charge in [0.2, 0.25) is 5.88 Å². The number of nitrogens with two attached hydrogens (primary N) is 1. The normalized spacial score (nSPS) is 18.9. The second-order valence-corrected chi connectivity index (χ2v) is 8.40. The van der Waals surface area contributed by atoms with E-state index in [-0.39, 0.29) is 17.0 Å². The standard InChI is InChI=1S/C23H25ClN4O3/c1-15-12-19-21(23(29)28(15)7-3-6-27-8-10-30-11-9-27)20(18(14-25)22(26)31-19)16-4-2-5-17(24)13-16/h2,4-5,12-13,20H,3,6-11,26H2,1H3/p+1/t20-/m0/s1. The molecule has 0 spiro atoms. The van der Waals surface area contributed by atoms with E-state index in [2.05, 4.69) is 6.07 Å². The fraction of sp³-hybridized carbons (Fsp3) is 0.391. The number of hydrogen-bond donors (Lipinski definition) is 2. The molecule has 0 amide bonds. The van der Waals surface area contributed by atoms with Crippen molar-refractivity contribution in [2.75, 3.05) is 32.8 Å². The van der Waals surface area contributed by atoms with Crippen LogP contribution in [0.5, 0.6) is 5.75 Å². The number of rotatable bonds is 5. The Labute approximate surface area is 186 Å². The lowest BCUT2D eigenvalue weighted by atomic mass is 9.84. The highest BCUT2D eigenvalue weighted by molar-refractivity contribution is 6.30. The monoisotopic (exact) mass is 441 g/mol. The molecule has 0 bridgehead atoms. The van der Waals surface area contributed by atoms with Gasteiger partial charge >= 0.3 is 0 Å². The minimum atomic E-state index is -0.614. The van der Waals surface area contributed by atoms with Crippen molar-refractivity contribution in [1.29, 1.82) is 5.26 Å². The van der Waals surface area contributed by atoms with Gasteiger partial charge in [-0.1, -0.05) is 23.7 Å². The molecule has 1 atom stereocenters. The average Bonchev–Trinajstić information content (AvgIpc) is 2.76. The number of fused-ring (bicyclic) bond motifs is 1. The highest BCUT2D eigenvalue weighted by atomic mass is 35.5. The van der Waals surface area contributed by atoms with Crippen molar-refractivity contribution in [3.05, 3.63) is 74.0 Å².